The van der Waals surface area contributed by atoms with E-state index in [0.29, 0.717) is 17.9 Å². The number of nitrogens with zero attached hydrogens (tertiary/aromatic N) is 2. The molecule has 0 aliphatic heterocycles. The van der Waals surface area contributed by atoms with Gasteiger partial charge in [0.25, 0.3) is 5.56 Å². The Kier molecular flexibility index (Phi) is 3.28. The van der Waals surface area contributed by atoms with E-state index in [4.69, 9.17) is 10.8 Å². The topological polar surface area (TPSA) is 133 Å². The molecular weight excluding hydrogens is 272 g/mol. The van der Waals surface area contributed by atoms with Gasteiger partial charge in [0.2, 0.25) is 5.95 Å². The molecule has 0 aliphatic carbocycles. The summed E-state index contributed by atoms with van der Waals surface area (Å²) >= 11 is 0. The zero-order chi connectivity index (χ0) is 14.8. The van der Waals surface area contributed by atoms with Crippen LogP contribution < -0.4 is 16.6 Å². The van der Waals surface area contributed by atoms with Gasteiger partial charge < -0.3 is 21.1 Å². The molecule has 0 atom stereocenters. The number of aliphatic hydroxyl groups is 1. The van der Waals surface area contributed by atoms with Crippen molar-refractivity contribution in [2.45, 2.75) is 0 Å². The molecule has 0 saturated carbocycles. The maximum absolute atomic E-state index is 11.7. The molecule has 0 aliphatic rings. The molecule has 0 spiro atoms. The number of hydrogen-bond donors (Lipinski definition) is 5. The van der Waals surface area contributed by atoms with Crippen molar-refractivity contribution in [3.05, 3.63) is 34.6 Å². The molecule has 8 heteroatoms. The number of rotatable bonds is 4. The molecule has 2 heterocycles. The highest BCUT2D eigenvalue weighted by Crippen LogP contribution is 2.20. The average Bonchev–Trinajstić information content (AvgIpc) is 2.90. The summed E-state index contributed by atoms with van der Waals surface area (Å²) in [5, 5.41) is 11.8. The number of aliphatic hydroxyl groups excluding tert-OH is 1. The number of imidazole rings is 1. The molecule has 108 valence electrons. The maximum atomic E-state index is 11.7. The molecule has 8 nitrogen and oxygen atoms in total. The lowest BCUT2D eigenvalue weighted by Gasteiger charge is -2.04. The van der Waals surface area contributed by atoms with Crippen LogP contribution in [0.4, 0.5) is 11.6 Å². The molecule has 0 fully saturated rings. The van der Waals surface area contributed by atoms with Gasteiger partial charge in [-0.2, -0.15) is 4.98 Å². The van der Waals surface area contributed by atoms with E-state index in [2.05, 4.69) is 25.3 Å². The van der Waals surface area contributed by atoms with Crippen LogP contribution in [-0.4, -0.2) is 38.2 Å². The fraction of sp³-hybridized carbons (Fsp3) is 0.154. The predicted octanol–water partition coefficient (Wildman–Crippen LogP) is 0.300. The summed E-state index contributed by atoms with van der Waals surface area (Å²) in [7, 11) is 0. The Labute approximate surface area is 119 Å². The summed E-state index contributed by atoms with van der Waals surface area (Å²) in [5.74, 6) is 0.580. The first-order valence-electron chi connectivity index (χ1n) is 6.38. The number of aromatic amines is 2. The molecule has 0 bridgehead atoms. The van der Waals surface area contributed by atoms with E-state index < -0.39 is 0 Å². The van der Waals surface area contributed by atoms with Gasteiger partial charge >= 0.3 is 0 Å². The van der Waals surface area contributed by atoms with Crippen molar-refractivity contribution in [1.29, 1.82) is 0 Å². The van der Waals surface area contributed by atoms with Gasteiger partial charge in [-0.05, 0) is 24.3 Å². The molecule has 0 amide bonds. The zero-order valence-electron chi connectivity index (χ0n) is 11.1. The Hall–Kier alpha value is -2.87. The summed E-state index contributed by atoms with van der Waals surface area (Å²) < 4.78 is 0. The first kappa shape index (κ1) is 13.1. The Morgan fingerprint density at radius 1 is 1.19 bits per heavy atom. The van der Waals surface area contributed by atoms with Crippen LogP contribution in [0.5, 0.6) is 0 Å². The fourth-order valence-corrected chi connectivity index (χ4v) is 2.01. The summed E-state index contributed by atoms with van der Waals surface area (Å²) in [6, 6.07) is 7.44. The van der Waals surface area contributed by atoms with Gasteiger partial charge in [-0.3, -0.25) is 9.78 Å². The van der Waals surface area contributed by atoms with Gasteiger partial charge in [-0.15, -0.1) is 0 Å². The molecule has 3 rings (SSSR count). The van der Waals surface area contributed by atoms with Gasteiger partial charge in [0.05, 0.1) is 6.61 Å². The first-order valence-corrected chi connectivity index (χ1v) is 6.38. The van der Waals surface area contributed by atoms with E-state index in [1.165, 1.54) is 0 Å². The lowest BCUT2D eigenvalue weighted by Crippen LogP contribution is -2.10. The van der Waals surface area contributed by atoms with Gasteiger partial charge in [0, 0.05) is 17.8 Å². The second kappa shape index (κ2) is 5.25. The average molecular weight is 286 g/mol. The number of benzene rings is 1. The van der Waals surface area contributed by atoms with Crippen molar-refractivity contribution < 1.29 is 5.11 Å². The Balaban J connectivity index is 1.96. The van der Waals surface area contributed by atoms with Crippen molar-refractivity contribution in [2.75, 3.05) is 24.2 Å². The Morgan fingerprint density at radius 2 is 1.95 bits per heavy atom. The van der Waals surface area contributed by atoms with Crippen LogP contribution in [0.25, 0.3) is 22.6 Å². The number of aromatic nitrogens is 4. The molecule has 0 unspecified atom stereocenters. The molecule has 0 radical (unpaired) electrons. The summed E-state index contributed by atoms with van der Waals surface area (Å²) in [5.41, 5.74) is 7.43. The summed E-state index contributed by atoms with van der Waals surface area (Å²) in [6.07, 6.45) is 0. The van der Waals surface area contributed by atoms with Gasteiger partial charge in [-0.1, -0.05) is 0 Å². The van der Waals surface area contributed by atoms with Crippen LogP contribution in [0.15, 0.2) is 29.1 Å². The van der Waals surface area contributed by atoms with E-state index in [1.54, 1.807) is 0 Å². The van der Waals surface area contributed by atoms with E-state index in [-0.39, 0.29) is 23.8 Å². The standard InChI is InChI=1S/C13H14N6O2/c14-13-18-11-9(12(21)19-13)16-10(17-11)7-1-3-8(4-2-7)15-5-6-20/h1-4,15,20H,5-6H2,(H4,14,16,17,18,19,21). The van der Waals surface area contributed by atoms with Crippen LogP contribution in [-0.2, 0) is 0 Å². The summed E-state index contributed by atoms with van der Waals surface area (Å²) in [4.78, 5) is 25.3. The maximum Gasteiger partial charge on any atom is 0.278 e. The smallest absolute Gasteiger partial charge is 0.278 e. The number of anilines is 2. The quantitative estimate of drug-likeness (QED) is 0.468. The van der Waals surface area contributed by atoms with Gasteiger partial charge in [0.1, 0.15) is 5.82 Å². The van der Waals surface area contributed by atoms with Crippen molar-refractivity contribution in [3.8, 4) is 11.4 Å². The molecule has 2 aromatic heterocycles. The minimum Gasteiger partial charge on any atom is -0.395 e. The molecule has 21 heavy (non-hydrogen) atoms. The highest BCUT2D eigenvalue weighted by Gasteiger charge is 2.10. The van der Waals surface area contributed by atoms with E-state index in [9.17, 15) is 4.79 Å². The van der Waals surface area contributed by atoms with E-state index in [1.807, 2.05) is 24.3 Å². The van der Waals surface area contributed by atoms with Gasteiger partial charge in [-0.25, -0.2) is 4.98 Å². The summed E-state index contributed by atoms with van der Waals surface area (Å²) in [6.45, 7) is 0.559. The Bertz CT molecular complexity index is 821. The largest absolute Gasteiger partial charge is 0.395 e. The molecule has 0 saturated heterocycles. The van der Waals surface area contributed by atoms with Crippen molar-refractivity contribution in [3.63, 3.8) is 0 Å². The monoisotopic (exact) mass is 286 g/mol. The fourth-order valence-electron chi connectivity index (χ4n) is 2.01. The molecular formula is C13H14N6O2. The van der Waals surface area contributed by atoms with Crippen molar-refractivity contribution >= 4 is 22.8 Å². The van der Waals surface area contributed by atoms with Crippen LogP contribution in [0.1, 0.15) is 0 Å². The normalized spacial score (nSPS) is 10.9. The number of H-pyrrole nitrogens is 2. The number of hydrogen-bond acceptors (Lipinski definition) is 6. The Morgan fingerprint density at radius 3 is 2.67 bits per heavy atom. The third kappa shape index (κ3) is 2.56. The lowest BCUT2D eigenvalue weighted by atomic mass is 10.2. The van der Waals surface area contributed by atoms with Crippen LogP contribution in [0.3, 0.4) is 0 Å². The predicted molar refractivity (Wildman–Crippen MR) is 79.9 cm³/mol. The number of fused-ring (bicyclic) bond motifs is 1. The third-order valence-electron chi connectivity index (χ3n) is 2.98. The molecule has 1 aromatic carbocycles. The van der Waals surface area contributed by atoms with Gasteiger partial charge in [0.15, 0.2) is 11.2 Å². The number of nitrogens with two attached hydrogens (primary N) is 1. The lowest BCUT2D eigenvalue weighted by molar-refractivity contribution is 0.311. The SMILES string of the molecule is Nc1nc2nc(-c3ccc(NCCO)cc3)[nH]c2c(=O)[nH]1. The third-order valence-corrected chi connectivity index (χ3v) is 2.98. The second-order valence-corrected chi connectivity index (χ2v) is 4.46. The van der Waals surface area contributed by atoms with Crippen molar-refractivity contribution in [1.82, 2.24) is 19.9 Å². The van der Waals surface area contributed by atoms with Crippen LogP contribution in [0, 0.1) is 0 Å². The van der Waals surface area contributed by atoms with Crippen LogP contribution in [0.2, 0.25) is 0 Å². The minimum absolute atomic E-state index is 0.0362. The molecule has 6 N–H and O–H groups in total. The number of nitrogen functional groups attached to an aromatic ring is 1. The zero-order valence-corrected chi connectivity index (χ0v) is 11.1. The second-order valence-electron chi connectivity index (χ2n) is 4.46. The molecule has 3 aromatic rings. The van der Waals surface area contributed by atoms with Crippen LogP contribution >= 0.6 is 0 Å². The number of nitrogens with one attached hydrogen (secondary N) is 3. The highest BCUT2D eigenvalue weighted by atomic mass is 16.3. The van der Waals surface area contributed by atoms with E-state index in [0.717, 1.165) is 11.3 Å². The minimum atomic E-state index is -0.350. The first-order chi connectivity index (χ1) is 10.2. The van der Waals surface area contributed by atoms with E-state index >= 15 is 0 Å². The highest BCUT2D eigenvalue weighted by molar-refractivity contribution is 5.76. The van der Waals surface area contributed by atoms with Crippen molar-refractivity contribution in [2.24, 2.45) is 0 Å².